The van der Waals surface area contributed by atoms with E-state index in [2.05, 4.69) is 5.10 Å². The molecule has 1 aromatic carbocycles. The summed E-state index contributed by atoms with van der Waals surface area (Å²) in [5, 5.41) is 14.9. The van der Waals surface area contributed by atoms with Crippen LogP contribution in [0.3, 0.4) is 0 Å². The quantitative estimate of drug-likeness (QED) is 0.875. The highest BCUT2D eigenvalue weighted by Crippen LogP contribution is 2.30. The molecule has 0 bridgehead atoms. The van der Waals surface area contributed by atoms with Gasteiger partial charge in [0.1, 0.15) is 11.5 Å². The summed E-state index contributed by atoms with van der Waals surface area (Å²) in [6.07, 6.45) is 1.04. The van der Waals surface area contributed by atoms with Crippen molar-refractivity contribution in [1.29, 1.82) is 0 Å². The molecule has 3 rings (SSSR count). The van der Waals surface area contributed by atoms with Crippen molar-refractivity contribution in [3.05, 3.63) is 53.1 Å². The number of hydrogen-bond acceptors (Lipinski definition) is 3. The van der Waals surface area contributed by atoms with Crippen molar-refractivity contribution in [2.45, 2.75) is 44.8 Å². The van der Waals surface area contributed by atoms with Crippen LogP contribution >= 0.6 is 0 Å². The Kier molecular flexibility index (Phi) is 4.90. The topological polar surface area (TPSA) is 58.4 Å². The average molecular weight is 345 g/mol. The Bertz CT molecular complexity index is 751. The molecular weight excluding hydrogens is 321 g/mol. The fraction of sp³-hybridized carbons (Fsp3) is 0.474. The smallest absolute Gasteiger partial charge is 0.272 e. The maximum absolute atomic E-state index is 13.1. The number of nitrogens with zero attached hydrogens (tertiary/aromatic N) is 3. The summed E-state index contributed by atoms with van der Waals surface area (Å²) in [6, 6.07) is 7.72. The summed E-state index contributed by atoms with van der Waals surface area (Å²) in [5.41, 5.74) is 2.01. The molecule has 134 valence electrons. The second kappa shape index (κ2) is 6.96. The summed E-state index contributed by atoms with van der Waals surface area (Å²) in [6.45, 7) is 4.26. The number of aromatic nitrogens is 2. The maximum atomic E-state index is 13.1. The van der Waals surface area contributed by atoms with E-state index in [9.17, 15) is 14.3 Å². The van der Waals surface area contributed by atoms with Crippen LogP contribution in [0.2, 0.25) is 0 Å². The Hall–Kier alpha value is -2.21. The van der Waals surface area contributed by atoms with Gasteiger partial charge in [0.05, 0.1) is 18.3 Å². The number of benzene rings is 1. The van der Waals surface area contributed by atoms with Crippen LogP contribution in [-0.4, -0.2) is 38.3 Å². The number of rotatable bonds is 6. The molecule has 1 aromatic heterocycles. The van der Waals surface area contributed by atoms with Crippen molar-refractivity contribution >= 4 is 5.91 Å². The summed E-state index contributed by atoms with van der Waals surface area (Å²) in [4.78, 5) is 14.7. The van der Waals surface area contributed by atoms with Crippen molar-refractivity contribution in [3.63, 3.8) is 0 Å². The second-order valence-corrected chi connectivity index (χ2v) is 6.99. The van der Waals surface area contributed by atoms with Gasteiger partial charge in [-0.25, -0.2) is 4.39 Å². The van der Waals surface area contributed by atoms with E-state index >= 15 is 0 Å². The molecule has 1 amide bonds. The van der Waals surface area contributed by atoms with Crippen LogP contribution < -0.4 is 0 Å². The monoisotopic (exact) mass is 345 g/mol. The largest absolute Gasteiger partial charge is 0.387 e. The van der Waals surface area contributed by atoms with Crippen LogP contribution in [-0.2, 0) is 7.05 Å². The lowest BCUT2D eigenvalue weighted by molar-refractivity contribution is 0.0593. The molecule has 1 saturated carbocycles. The summed E-state index contributed by atoms with van der Waals surface area (Å²) in [7, 11) is 1.76. The normalized spacial score (nSPS) is 15.4. The Balaban J connectivity index is 1.79. The second-order valence-electron chi connectivity index (χ2n) is 6.99. The average Bonchev–Trinajstić information content (AvgIpc) is 3.33. The molecule has 1 fully saturated rings. The zero-order valence-corrected chi connectivity index (χ0v) is 14.8. The molecule has 1 aliphatic carbocycles. The van der Waals surface area contributed by atoms with Gasteiger partial charge < -0.3 is 10.0 Å². The van der Waals surface area contributed by atoms with E-state index in [0.29, 0.717) is 11.3 Å². The van der Waals surface area contributed by atoms with E-state index < -0.39 is 6.10 Å². The Morgan fingerprint density at radius 2 is 2.00 bits per heavy atom. The third-order valence-corrected chi connectivity index (χ3v) is 4.58. The van der Waals surface area contributed by atoms with Gasteiger partial charge in [-0.05, 0) is 42.5 Å². The molecule has 0 spiro atoms. The molecule has 1 N–H and O–H groups in total. The van der Waals surface area contributed by atoms with Crippen LogP contribution in [0.5, 0.6) is 0 Å². The number of halogens is 1. The first-order valence-corrected chi connectivity index (χ1v) is 8.65. The van der Waals surface area contributed by atoms with Crippen LogP contribution in [0.4, 0.5) is 4.39 Å². The standard InChI is InChI=1S/C19H24FN3O2/c1-12(2)16-10-17(22(3)21-16)19(25)23(15-8-9-15)11-18(24)13-4-6-14(20)7-5-13/h4-7,10,12,15,18,24H,8-9,11H2,1-3H3. The van der Waals surface area contributed by atoms with Gasteiger partial charge in [0, 0.05) is 13.1 Å². The lowest BCUT2D eigenvalue weighted by Crippen LogP contribution is -2.37. The first-order valence-electron chi connectivity index (χ1n) is 8.65. The van der Waals surface area contributed by atoms with E-state index in [4.69, 9.17) is 0 Å². The Morgan fingerprint density at radius 1 is 1.36 bits per heavy atom. The first kappa shape index (κ1) is 17.6. The van der Waals surface area contributed by atoms with Gasteiger partial charge >= 0.3 is 0 Å². The highest BCUT2D eigenvalue weighted by Gasteiger charge is 2.35. The molecule has 0 saturated heterocycles. The van der Waals surface area contributed by atoms with Gasteiger partial charge in [-0.2, -0.15) is 5.10 Å². The number of aryl methyl sites for hydroxylation is 1. The van der Waals surface area contributed by atoms with Gasteiger partial charge in [-0.1, -0.05) is 26.0 Å². The van der Waals surface area contributed by atoms with E-state index in [1.54, 1.807) is 28.8 Å². The van der Waals surface area contributed by atoms with Crippen LogP contribution in [0.1, 0.15) is 60.5 Å². The SMILES string of the molecule is CC(C)c1cc(C(=O)N(CC(O)c2ccc(F)cc2)C2CC2)n(C)n1. The van der Waals surface area contributed by atoms with Crippen molar-refractivity contribution in [2.24, 2.45) is 7.05 Å². The zero-order valence-electron chi connectivity index (χ0n) is 14.8. The van der Waals surface area contributed by atoms with Gasteiger partial charge in [-0.3, -0.25) is 9.48 Å². The van der Waals surface area contributed by atoms with Gasteiger partial charge in [-0.15, -0.1) is 0 Å². The van der Waals surface area contributed by atoms with Crippen LogP contribution in [0, 0.1) is 5.82 Å². The third-order valence-electron chi connectivity index (χ3n) is 4.58. The molecule has 0 aliphatic heterocycles. The molecule has 1 unspecified atom stereocenters. The molecule has 25 heavy (non-hydrogen) atoms. The molecule has 5 nitrogen and oxygen atoms in total. The van der Waals surface area contributed by atoms with Gasteiger partial charge in [0.2, 0.25) is 0 Å². The summed E-state index contributed by atoms with van der Waals surface area (Å²) in [5.74, 6) is -0.223. The number of aliphatic hydroxyl groups excluding tert-OH is 1. The maximum Gasteiger partial charge on any atom is 0.272 e. The summed E-state index contributed by atoms with van der Waals surface area (Å²) >= 11 is 0. The predicted molar refractivity (Wildman–Crippen MR) is 92.7 cm³/mol. The van der Waals surface area contributed by atoms with Crippen molar-refractivity contribution in [1.82, 2.24) is 14.7 Å². The highest BCUT2D eigenvalue weighted by molar-refractivity contribution is 5.93. The lowest BCUT2D eigenvalue weighted by atomic mass is 10.1. The molecule has 0 radical (unpaired) electrons. The minimum Gasteiger partial charge on any atom is -0.387 e. The third kappa shape index (κ3) is 3.90. The molecule has 1 heterocycles. The highest BCUT2D eigenvalue weighted by atomic mass is 19.1. The van der Waals surface area contributed by atoms with Crippen LogP contribution in [0.25, 0.3) is 0 Å². The predicted octanol–water partition coefficient (Wildman–Crippen LogP) is 3.02. The number of amides is 1. The van der Waals surface area contributed by atoms with Crippen molar-refractivity contribution < 1.29 is 14.3 Å². The van der Waals surface area contributed by atoms with E-state index in [0.717, 1.165) is 18.5 Å². The molecular formula is C19H24FN3O2. The Labute approximate surface area is 147 Å². The number of carbonyl (C=O) groups excluding carboxylic acids is 1. The van der Waals surface area contributed by atoms with Crippen molar-refractivity contribution in [2.75, 3.05) is 6.54 Å². The van der Waals surface area contributed by atoms with Gasteiger partial charge in [0.25, 0.3) is 5.91 Å². The fourth-order valence-corrected chi connectivity index (χ4v) is 2.88. The number of carbonyl (C=O) groups is 1. The molecule has 2 aromatic rings. The van der Waals surface area contributed by atoms with Gasteiger partial charge in [0.15, 0.2) is 0 Å². The first-order chi connectivity index (χ1) is 11.9. The number of aliphatic hydroxyl groups is 1. The minimum atomic E-state index is -0.844. The van der Waals surface area contributed by atoms with E-state index in [-0.39, 0.29) is 30.2 Å². The molecule has 6 heteroatoms. The van der Waals surface area contributed by atoms with Crippen molar-refractivity contribution in [3.8, 4) is 0 Å². The van der Waals surface area contributed by atoms with Crippen LogP contribution in [0.15, 0.2) is 30.3 Å². The zero-order chi connectivity index (χ0) is 18.1. The molecule has 1 atom stereocenters. The lowest BCUT2D eigenvalue weighted by Gasteiger charge is -2.25. The molecule has 1 aliphatic rings. The minimum absolute atomic E-state index is 0.120. The van der Waals surface area contributed by atoms with E-state index in [1.807, 2.05) is 19.9 Å². The Morgan fingerprint density at radius 3 is 2.52 bits per heavy atom. The summed E-state index contributed by atoms with van der Waals surface area (Å²) < 4.78 is 14.7. The van der Waals surface area contributed by atoms with E-state index in [1.165, 1.54) is 12.1 Å². The number of hydrogen-bond donors (Lipinski definition) is 1. The fourth-order valence-electron chi connectivity index (χ4n) is 2.88.